The molecule has 5 atom stereocenters. The first-order valence-electron chi connectivity index (χ1n) is 15.5. The Balaban J connectivity index is 1.55. The highest BCUT2D eigenvalue weighted by atomic mass is 35.5. The third kappa shape index (κ3) is 7.56. The number of aryl methyl sites for hydroxylation is 1. The molecule has 5 rings (SSSR count). The van der Waals surface area contributed by atoms with Crippen LogP contribution in [-0.2, 0) is 32.1 Å². The van der Waals surface area contributed by atoms with E-state index < -0.39 is 35.1 Å². The van der Waals surface area contributed by atoms with E-state index in [0.717, 1.165) is 24.9 Å². The van der Waals surface area contributed by atoms with Gasteiger partial charge in [0.2, 0.25) is 0 Å². The van der Waals surface area contributed by atoms with Crippen LogP contribution in [0.2, 0.25) is 5.02 Å². The fraction of sp³-hybridized carbons (Fsp3) is 0.529. The number of anilines is 1. The Morgan fingerprint density at radius 1 is 1.22 bits per heavy atom. The van der Waals surface area contributed by atoms with Crippen LogP contribution in [0.4, 0.5) is 10.5 Å². The van der Waals surface area contributed by atoms with Gasteiger partial charge in [-0.05, 0) is 73.6 Å². The van der Waals surface area contributed by atoms with Gasteiger partial charge < -0.3 is 28.6 Å². The lowest BCUT2D eigenvalue weighted by atomic mass is 9.91. The van der Waals surface area contributed by atoms with E-state index in [1.54, 1.807) is 40.1 Å². The number of nitrogens with one attached hydrogen (secondary N) is 1. The number of carbonyl (C=O) groups excluding carboxylic acids is 2. The Hall–Kier alpha value is -2.92. The molecule has 2 aromatic rings. The number of nitrogens with zero attached hydrogens (tertiary/aromatic N) is 2. The van der Waals surface area contributed by atoms with Crippen LogP contribution in [0.5, 0.6) is 5.75 Å². The lowest BCUT2D eigenvalue weighted by molar-refractivity contribution is -0.139. The van der Waals surface area contributed by atoms with Gasteiger partial charge in [0.1, 0.15) is 28.8 Å². The highest BCUT2D eigenvalue weighted by Crippen LogP contribution is 2.56. The van der Waals surface area contributed by atoms with E-state index in [1.165, 1.54) is 16.0 Å². The summed E-state index contributed by atoms with van der Waals surface area (Å²) < 4.78 is 34.3. The fourth-order valence-electron chi connectivity index (χ4n) is 6.21. The molecule has 1 saturated carbocycles. The molecule has 11 heteroatoms. The molecule has 0 saturated heterocycles. The first-order chi connectivity index (χ1) is 21.3. The van der Waals surface area contributed by atoms with Crippen molar-refractivity contribution in [3.8, 4) is 5.75 Å². The number of benzene rings is 2. The van der Waals surface area contributed by atoms with Crippen LogP contribution in [-0.4, -0.2) is 73.6 Å². The summed E-state index contributed by atoms with van der Waals surface area (Å²) in [4.78, 5) is 30.0. The third-order valence-corrected chi connectivity index (χ3v) is 10.3. The summed E-state index contributed by atoms with van der Waals surface area (Å²) in [6.07, 6.45) is 5.52. The Morgan fingerprint density at radius 2 is 2.00 bits per heavy atom. The highest BCUT2D eigenvalue weighted by molar-refractivity contribution is 7.90. The number of hydrogen-bond donors (Lipinski definition) is 1. The van der Waals surface area contributed by atoms with Gasteiger partial charge in [0.15, 0.2) is 4.90 Å². The molecule has 0 radical (unpaired) electrons. The minimum absolute atomic E-state index is 0.0523. The van der Waals surface area contributed by atoms with Crippen LogP contribution < -0.4 is 14.4 Å². The van der Waals surface area contributed by atoms with E-state index in [1.807, 2.05) is 24.3 Å². The summed E-state index contributed by atoms with van der Waals surface area (Å²) in [6.45, 7) is 9.56. The molecular formula is C34H44ClN3O6S. The SMILES string of the molecule is CCCc1cc(Cl)ccc1C1COc2ccc3cc2N(C1)CC1(C)CC1C(OC(=O)N(C)C)/C=C/COC(C)(C)C(=O)N[S+]3[O-]. The maximum absolute atomic E-state index is 13.4. The topological polar surface area (TPSA) is 103 Å². The average Bonchev–Trinajstić information content (AvgIpc) is 3.69. The summed E-state index contributed by atoms with van der Waals surface area (Å²) in [7, 11) is 3.33. The molecule has 5 unspecified atom stereocenters. The Morgan fingerprint density at radius 3 is 2.73 bits per heavy atom. The second kappa shape index (κ2) is 13.4. The standard InChI is InChI=1S/C34H44ClN3O6S/c1-7-9-22-16-24(35)11-13-26(22)23-19-38-21-34(4)18-27(34)29(44-32(40)37(5)6)10-8-15-43-33(2,3)31(39)36-45(41)25-12-14-30(42-20-23)28(38)17-25/h8,10-14,16-17,23,27,29H,7,9,15,18-21H2,1-6H3,(H,36,39)/b10-8+. The lowest BCUT2D eigenvalue weighted by Gasteiger charge is -2.31. The number of amides is 2. The first-order valence-corrected chi connectivity index (χ1v) is 17.1. The van der Waals surface area contributed by atoms with Crippen LogP contribution in [0.1, 0.15) is 57.6 Å². The predicted molar refractivity (Wildman–Crippen MR) is 176 cm³/mol. The molecular weight excluding hydrogens is 614 g/mol. The van der Waals surface area contributed by atoms with Crippen molar-refractivity contribution < 1.29 is 28.4 Å². The van der Waals surface area contributed by atoms with Crippen LogP contribution in [0.15, 0.2) is 53.4 Å². The molecule has 244 valence electrons. The van der Waals surface area contributed by atoms with Crippen molar-refractivity contribution in [3.63, 3.8) is 0 Å². The zero-order valence-electron chi connectivity index (χ0n) is 26.9. The number of hydrogen-bond acceptors (Lipinski definition) is 7. The van der Waals surface area contributed by atoms with E-state index in [2.05, 4.69) is 35.6 Å². The molecule has 2 aromatic carbocycles. The van der Waals surface area contributed by atoms with Gasteiger partial charge in [0.25, 0.3) is 5.91 Å². The van der Waals surface area contributed by atoms with Crippen LogP contribution >= 0.6 is 11.6 Å². The quantitative estimate of drug-likeness (QED) is 0.324. The molecule has 2 heterocycles. The van der Waals surface area contributed by atoms with E-state index in [-0.39, 0.29) is 23.9 Å². The van der Waals surface area contributed by atoms with E-state index in [4.69, 9.17) is 25.8 Å². The summed E-state index contributed by atoms with van der Waals surface area (Å²) in [6, 6.07) is 11.5. The van der Waals surface area contributed by atoms with Crippen LogP contribution in [0, 0.1) is 11.3 Å². The van der Waals surface area contributed by atoms with Gasteiger partial charge in [0.05, 0.1) is 18.9 Å². The zero-order chi connectivity index (χ0) is 32.5. The van der Waals surface area contributed by atoms with Gasteiger partial charge in [-0.25, -0.2) is 4.79 Å². The number of fused-ring (bicyclic) bond motifs is 2. The monoisotopic (exact) mass is 657 g/mol. The van der Waals surface area contributed by atoms with Crippen molar-refractivity contribution in [2.75, 3.05) is 45.3 Å². The smallest absolute Gasteiger partial charge is 0.409 e. The van der Waals surface area contributed by atoms with E-state index >= 15 is 0 Å². The molecule has 2 bridgehead atoms. The van der Waals surface area contributed by atoms with Gasteiger partial charge in [-0.1, -0.05) is 44.0 Å². The molecule has 0 spiro atoms. The first kappa shape index (κ1) is 33.4. The number of halogens is 1. The van der Waals surface area contributed by atoms with Crippen molar-refractivity contribution in [2.45, 2.75) is 69.5 Å². The molecule has 3 aliphatic rings. The van der Waals surface area contributed by atoms with Crippen molar-refractivity contribution in [1.29, 1.82) is 0 Å². The van der Waals surface area contributed by atoms with Crippen molar-refractivity contribution in [3.05, 3.63) is 64.7 Å². The molecule has 1 N–H and O–H groups in total. The molecule has 1 aliphatic carbocycles. The number of rotatable bonds is 4. The normalized spacial score (nSPS) is 28.5. The summed E-state index contributed by atoms with van der Waals surface area (Å²) in [5.74, 6) is 0.311. The van der Waals surface area contributed by atoms with Crippen molar-refractivity contribution in [2.24, 2.45) is 11.3 Å². The van der Waals surface area contributed by atoms with Crippen molar-refractivity contribution >= 4 is 40.7 Å². The van der Waals surface area contributed by atoms with Crippen LogP contribution in [0.3, 0.4) is 0 Å². The maximum Gasteiger partial charge on any atom is 0.409 e. The molecule has 45 heavy (non-hydrogen) atoms. The highest BCUT2D eigenvalue weighted by Gasteiger charge is 2.56. The molecule has 9 nitrogen and oxygen atoms in total. The predicted octanol–water partition coefficient (Wildman–Crippen LogP) is 5.87. The van der Waals surface area contributed by atoms with Gasteiger partial charge in [0, 0.05) is 50.1 Å². The Kier molecular flexibility index (Phi) is 9.99. The second-order valence-corrected chi connectivity index (χ2v) is 14.9. The Bertz CT molecular complexity index is 1450. The minimum Gasteiger partial charge on any atom is -0.588 e. The van der Waals surface area contributed by atoms with Gasteiger partial charge in [-0.15, -0.1) is 0 Å². The van der Waals surface area contributed by atoms with E-state index in [9.17, 15) is 14.1 Å². The zero-order valence-corrected chi connectivity index (χ0v) is 28.5. The molecule has 0 aromatic heterocycles. The lowest BCUT2D eigenvalue weighted by Crippen LogP contribution is -2.46. The van der Waals surface area contributed by atoms with E-state index in [0.29, 0.717) is 35.4 Å². The van der Waals surface area contributed by atoms with Gasteiger partial charge in [-0.3, -0.25) is 4.79 Å². The molecule has 2 amide bonds. The number of carbonyl (C=O) groups is 2. The Labute approximate surface area is 274 Å². The maximum atomic E-state index is 13.4. The summed E-state index contributed by atoms with van der Waals surface area (Å²) in [5.41, 5.74) is 1.81. The average molecular weight is 658 g/mol. The van der Waals surface area contributed by atoms with Gasteiger partial charge in [-0.2, -0.15) is 4.72 Å². The van der Waals surface area contributed by atoms with Crippen molar-refractivity contribution in [1.82, 2.24) is 9.62 Å². The molecule has 2 aliphatic heterocycles. The second-order valence-electron chi connectivity index (χ2n) is 13.3. The summed E-state index contributed by atoms with van der Waals surface area (Å²) >= 11 is 4.60. The minimum atomic E-state index is -1.81. The van der Waals surface area contributed by atoms with Gasteiger partial charge >= 0.3 is 6.09 Å². The molecule has 1 fully saturated rings. The third-order valence-electron chi connectivity index (χ3n) is 9.00. The number of ether oxygens (including phenoxy) is 3. The largest absolute Gasteiger partial charge is 0.588 e. The van der Waals surface area contributed by atoms with Crippen LogP contribution in [0.25, 0.3) is 0 Å². The fourth-order valence-corrected chi connectivity index (χ4v) is 7.35. The summed E-state index contributed by atoms with van der Waals surface area (Å²) in [5, 5.41) is 0.715.